The zero-order valence-electron chi connectivity index (χ0n) is 9.05. The number of halogens is 3. The smallest absolute Gasteiger partial charge is 0.124 e. The summed E-state index contributed by atoms with van der Waals surface area (Å²) in [6, 6.07) is 10.9. The molecule has 0 aromatic heterocycles. The van der Waals surface area contributed by atoms with Gasteiger partial charge in [-0.25, -0.2) is 4.39 Å². The molecule has 2 aromatic rings. The van der Waals surface area contributed by atoms with Crippen LogP contribution in [0.3, 0.4) is 0 Å². The molecular formula is C13H7Cl2FN2. The number of nitrogens with one attached hydrogen (secondary N) is 1. The summed E-state index contributed by atoms with van der Waals surface area (Å²) in [4.78, 5) is 0. The Morgan fingerprint density at radius 2 is 1.89 bits per heavy atom. The third kappa shape index (κ3) is 2.56. The third-order valence-electron chi connectivity index (χ3n) is 2.32. The first-order chi connectivity index (χ1) is 8.61. The molecule has 1 N–H and O–H groups in total. The van der Waals surface area contributed by atoms with Crippen LogP contribution in [0.2, 0.25) is 10.0 Å². The van der Waals surface area contributed by atoms with Crippen molar-refractivity contribution in [1.29, 1.82) is 5.26 Å². The Morgan fingerprint density at radius 3 is 2.61 bits per heavy atom. The van der Waals surface area contributed by atoms with Gasteiger partial charge in [-0.2, -0.15) is 5.26 Å². The topological polar surface area (TPSA) is 35.8 Å². The molecule has 0 atom stereocenters. The van der Waals surface area contributed by atoms with Crippen molar-refractivity contribution in [2.75, 3.05) is 5.32 Å². The van der Waals surface area contributed by atoms with E-state index in [4.69, 9.17) is 28.5 Å². The quantitative estimate of drug-likeness (QED) is 0.862. The number of benzene rings is 2. The molecule has 0 aliphatic rings. The van der Waals surface area contributed by atoms with Crippen LogP contribution in [0, 0.1) is 17.1 Å². The highest BCUT2D eigenvalue weighted by Crippen LogP contribution is 2.32. The predicted octanol–water partition coefficient (Wildman–Crippen LogP) is 4.75. The van der Waals surface area contributed by atoms with Crippen LogP contribution in [-0.2, 0) is 0 Å². The summed E-state index contributed by atoms with van der Waals surface area (Å²) in [7, 11) is 0. The molecular weight excluding hydrogens is 274 g/mol. The van der Waals surface area contributed by atoms with Crippen molar-refractivity contribution in [2.24, 2.45) is 0 Å². The normalized spacial score (nSPS) is 9.89. The fourth-order valence-electron chi connectivity index (χ4n) is 1.46. The molecule has 0 fully saturated rings. The van der Waals surface area contributed by atoms with Gasteiger partial charge in [0.1, 0.15) is 11.9 Å². The molecule has 0 bridgehead atoms. The van der Waals surface area contributed by atoms with Crippen LogP contribution in [0.15, 0.2) is 36.4 Å². The van der Waals surface area contributed by atoms with Crippen LogP contribution in [0.5, 0.6) is 0 Å². The maximum Gasteiger partial charge on any atom is 0.124 e. The maximum absolute atomic E-state index is 13.0. The van der Waals surface area contributed by atoms with Crippen molar-refractivity contribution in [2.45, 2.75) is 0 Å². The van der Waals surface area contributed by atoms with E-state index in [0.29, 0.717) is 21.4 Å². The highest BCUT2D eigenvalue weighted by atomic mass is 35.5. The average Bonchev–Trinajstić information content (AvgIpc) is 2.37. The van der Waals surface area contributed by atoms with E-state index in [0.717, 1.165) is 6.07 Å². The number of rotatable bonds is 2. The van der Waals surface area contributed by atoms with Gasteiger partial charge >= 0.3 is 0 Å². The number of nitriles is 1. The molecule has 0 unspecified atom stereocenters. The van der Waals surface area contributed by atoms with Crippen LogP contribution in [-0.4, -0.2) is 0 Å². The summed E-state index contributed by atoms with van der Waals surface area (Å²) in [6.07, 6.45) is 0. The first-order valence-corrected chi connectivity index (χ1v) is 5.78. The molecule has 0 aliphatic carbocycles. The lowest BCUT2D eigenvalue weighted by Crippen LogP contribution is -1.95. The molecule has 18 heavy (non-hydrogen) atoms. The van der Waals surface area contributed by atoms with E-state index >= 15 is 0 Å². The Balaban J connectivity index is 2.41. The molecule has 90 valence electrons. The lowest BCUT2D eigenvalue weighted by atomic mass is 10.2. The van der Waals surface area contributed by atoms with E-state index in [9.17, 15) is 4.39 Å². The second-order valence-electron chi connectivity index (χ2n) is 3.53. The van der Waals surface area contributed by atoms with Gasteiger partial charge in [-0.3, -0.25) is 0 Å². The van der Waals surface area contributed by atoms with Crippen LogP contribution in [0.25, 0.3) is 0 Å². The first-order valence-electron chi connectivity index (χ1n) is 5.02. The zero-order valence-corrected chi connectivity index (χ0v) is 10.6. The van der Waals surface area contributed by atoms with Gasteiger partial charge in [0.05, 0.1) is 27.0 Å². The fourth-order valence-corrected chi connectivity index (χ4v) is 1.81. The Kier molecular flexibility index (Phi) is 3.71. The van der Waals surface area contributed by atoms with Crippen molar-refractivity contribution >= 4 is 34.6 Å². The Bertz CT molecular complexity index is 635. The molecule has 2 rings (SSSR count). The highest BCUT2D eigenvalue weighted by molar-refractivity contribution is 6.43. The van der Waals surface area contributed by atoms with E-state index in [1.807, 2.05) is 6.07 Å². The van der Waals surface area contributed by atoms with Gasteiger partial charge in [0.25, 0.3) is 0 Å². The summed E-state index contributed by atoms with van der Waals surface area (Å²) in [6.45, 7) is 0. The van der Waals surface area contributed by atoms with E-state index in [-0.39, 0.29) is 5.56 Å². The maximum atomic E-state index is 13.0. The monoisotopic (exact) mass is 280 g/mol. The Labute approximate surface area is 114 Å². The van der Waals surface area contributed by atoms with Crippen LogP contribution in [0.4, 0.5) is 15.8 Å². The predicted molar refractivity (Wildman–Crippen MR) is 70.9 cm³/mol. The summed E-state index contributed by atoms with van der Waals surface area (Å²) < 4.78 is 13.0. The van der Waals surface area contributed by atoms with Crippen molar-refractivity contribution in [3.63, 3.8) is 0 Å². The lowest BCUT2D eigenvalue weighted by molar-refractivity contribution is 0.627. The van der Waals surface area contributed by atoms with E-state index in [2.05, 4.69) is 5.32 Å². The zero-order chi connectivity index (χ0) is 13.1. The molecule has 5 heteroatoms. The van der Waals surface area contributed by atoms with Crippen molar-refractivity contribution < 1.29 is 4.39 Å². The second-order valence-corrected chi connectivity index (χ2v) is 4.31. The number of nitrogens with zero attached hydrogens (tertiary/aromatic N) is 1. The molecule has 0 amide bonds. The second kappa shape index (κ2) is 5.26. The van der Waals surface area contributed by atoms with Crippen LogP contribution >= 0.6 is 23.2 Å². The summed E-state index contributed by atoms with van der Waals surface area (Å²) in [5, 5.41) is 12.6. The van der Waals surface area contributed by atoms with Gasteiger partial charge < -0.3 is 5.32 Å². The largest absolute Gasteiger partial charge is 0.353 e. The molecule has 0 aliphatic heterocycles. The van der Waals surface area contributed by atoms with Gasteiger partial charge in [0, 0.05) is 0 Å². The average molecular weight is 281 g/mol. The summed E-state index contributed by atoms with van der Waals surface area (Å²) in [5.74, 6) is -0.464. The van der Waals surface area contributed by atoms with Crippen LogP contribution in [0.1, 0.15) is 5.56 Å². The summed E-state index contributed by atoms with van der Waals surface area (Å²) in [5.41, 5.74) is 1.24. The van der Waals surface area contributed by atoms with Gasteiger partial charge in [-0.05, 0) is 30.3 Å². The molecule has 0 saturated heterocycles. The third-order valence-corrected chi connectivity index (χ3v) is 3.14. The molecule has 2 nitrogen and oxygen atoms in total. The minimum Gasteiger partial charge on any atom is -0.353 e. The van der Waals surface area contributed by atoms with Crippen molar-refractivity contribution in [3.8, 4) is 6.07 Å². The van der Waals surface area contributed by atoms with Crippen molar-refractivity contribution in [3.05, 3.63) is 57.8 Å². The molecule has 2 aromatic carbocycles. The van der Waals surface area contributed by atoms with Crippen molar-refractivity contribution in [1.82, 2.24) is 0 Å². The van der Waals surface area contributed by atoms with E-state index < -0.39 is 5.82 Å². The minimum atomic E-state index is -0.464. The molecule has 0 spiro atoms. The van der Waals surface area contributed by atoms with Gasteiger partial charge in [0.2, 0.25) is 0 Å². The molecule has 0 heterocycles. The molecule has 0 saturated carbocycles. The number of hydrogen-bond donors (Lipinski definition) is 1. The standard InChI is InChI=1S/C13H7Cl2FN2/c14-10-2-1-3-12(13(10)15)18-11-5-4-9(16)6-8(11)7-17/h1-6,18H. The lowest BCUT2D eigenvalue weighted by Gasteiger charge is -2.10. The fraction of sp³-hybridized carbons (Fsp3) is 0. The van der Waals surface area contributed by atoms with E-state index in [1.165, 1.54) is 12.1 Å². The SMILES string of the molecule is N#Cc1cc(F)ccc1Nc1cccc(Cl)c1Cl. The van der Waals surface area contributed by atoms with E-state index in [1.54, 1.807) is 18.2 Å². The summed E-state index contributed by atoms with van der Waals surface area (Å²) >= 11 is 11.9. The number of hydrogen-bond acceptors (Lipinski definition) is 2. The van der Waals surface area contributed by atoms with Gasteiger partial charge in [0.15, 0.2) is 0 Å². The Hall–Kier alpha value is -1.76. The highest BCUT2D eigenvalue weighted by Gasteiger charge is 2.08. The van der Waals surface area contributed by atoms with Gasteiger partial charge in [-0.1, -0.05) is 29.3 Å². The first kappa shape index (κ1) is 12.7. The Morgan fingerprint density at radius 1 is 1.11 bits per heavy atom. The minimum absolute atomic E-state index is 0.200. The number of anilines is 2. The van der Waals surface area contributed by atoms with Crippen LogP contribution < -0.4 is 5.32 Å². The van der Waals surface area contributed by atoms with Gasteiger partial charge in [-0.15, -0.1) is 0 Å². The molecule has 0 radical (unpaired) electrons.